The van der Waals surface area contributed by atoms with Crippen LogP contribution in [0.4, 0.5) is 0 Å². The monoisotopic (exact) mass is 605 g/mol. The van der Waals surface area contributed by atoms with E-state index in [1.54, 1.807) is 33.4 Å². The smallest absolute Gasteiger partial charge is 0.0431 e. The lowest BCUT2D eigenvalue weighted by molar-refractivity contribution is 0.230. The molecule has 4 aliphatic carbocycles. The first kappa shape index (κ1) is 35.8. The summed E-state index contributed by atoms with van der Waals surface area (Å²) in [7, 11) is 0. The molecular weight excluding hydrogens is 532 g/mol. The van der Waals surface area contributed by atoms with Crippen molar-refractivity contribution in [2.75, 3.05) is 6.61 Å². The van der Waals surface area contributed by atoms with E-state index in [9.17, 15) is 5.11 Å². The summed E-state index contributed by atoms with van der Waals surface area (Å²) in [5.41, 5.74) is 11.5. The summed E-state index contributed by atoms with van der Waals surface area (Å²) in [6.45, 7) is 17.2. The van der Waals surface area contributed by atoms with E-state index in [0.29, 0.717) is 23.4 Å². The Morgan fingerprint density at radius 2 is 1.86 bits per heavy atom. The summed E-state index contributed by atoms with van der Waals surface area (Å²) < 4.78 is 0. The van der Waals surface area contributed by atoms with Gasteiger partial charge in [-0.3, -0.25) is 0 Å². The average molecular weight is 605 g/mol. The van der Waals surface area contributed by atoms with Crippen LogP contribution in [-0.4, -0.2) is 11.7 Å². The van der Waals surface area contributed by atoms with Crippen LogP contribution in [-0.2, 0) is 0 Å². The van der Waals surface area contributed by atoms with Gasteiger partial charge in [0.05, 0.1) is 0 Å². The van der Waals surface area contributed by atoms with Crippen molar-refractivity contribution in [3.05, 3.63) is 45.6 Å². The van der Waals surface area contributed by atoms with E-state index >= 15 is 0 Å². The van der Waals surface area contributed by atoms with E-state index in [-0.39, 0.29) is 0 Å². The third-order valence-corrected chi connectivity index (χ3v) is 12.9. The van der Waals surface area contributed by atoms with Gasteiger partial charge in [0, 0.05) is 6.61 Å². The predicted octanol–water partition coefficient (Wildman–Crippen LogP) is 13.2. The number of allylic oxidation sites excluding steroid dienone is 8. The molecule has 0 aliphatic heterocycles. The van der Waals surface area contributed by atoms with Gasteiger partial charge in [0.2, 0.25) is 0 Å². The van der Waals surface area contributed by atoms with Gasteiger partial charge in [-0.2, -0.15) is 0 Å². The highest BCUT2D eigenvalue weighted by Crippen LogP contribution is 2.52. The van der Waals surface area contributed by atoms with Gasteiger partial charge in [-0.05, 0) is 168 Å². The van der Waals surface area contributed by atoms with Crippen molar-refractivity contribution in [3.63, 3.8) is 0 Å². The third-order valence-electron chi connectivity index (χ3n) is 12.9. The van der Waals surface area contributed by atoms with Crippen LogP contribution in [0, 0.1) is 34.5 Å². The predicted molar refractivity (Wildman–Crippen MR) is 193 cm³/mol. The molecule has 1 heteroatoms. The van der Waals surface area contributed by atoms with Gasteiger partial charge in [-0.25, -0.2) is 0 Å². The number of unbranched alkanes of at least 4 members (excludes halogenated alkanes) is 1. The fourth-order valence-electron chi connectivity index (χ4n) is 9.13. The summed E-state index contributed by atoms with van der Waals surface area (Å²) in [5, 5.41) is 9.54. The maximum Gasteiger partial charge on any atom is 0.0431 e. The molecule has 4 unspecified atom stereocenters. The lowest BCUT2D eigenvalue weighted by Crippen LogP contribution is -2.18. The Morgan fingerprint density at radius 1 is 1.09 bits per heavy atom. The fourth-order valence-corrected chi connectivity index (χ4v) is 9.13. The summed E-state index contributed by atoms with van der Waals surface area (Å²) in [6, 6.07) is 0. The zero-order chi connectivity index (χ0) is 31.7. The van der Waals surface area contributed by atoms with E-state index < -0.39 is 0 Å². The molecule has 2 fully saturated rings. The van der Waals surface area contributed by atoms with Crippen LogP contribution in [0.1, 0.15) is 183 Å². The zero-order valence-corrected chi connectivity index (χ0v) is 30.5. The number of hydrogen-bond donors (Lipinski definition) is 1. The van der Waals surface area contributed by atoms with Crippen LogP contribution >= 0.6 is 0 Å². The van der Waals surface area contributed by atoms with Crippen LogP contribution < -0.4 is 0 Å². The summed E-state index contributed by atoms with van der Waals surface area (Å²) >= 11 is 0. The van der Waals surface area contributed by atoms with E-state index in [0.717, 1.165) is 30.6 Å². The van der Waals surface area contributed by atoms with Gasteiger partial charge in [0.1, 0.15) is 0 Å². The first-order valence-electron chi connectivity index (χ1n) is 19.5. The molecule has 2 saturated carbocycles. The molecule has 4 atom stereocenters. The van der Waals surface area contributed by atoms with E-state index in [2.05, 4.69) is 60.6 Å². The van der Waals surface area contributed by atoms with Crippen molar-refractivity contribution >= 4 is 0 Å². The second-order valence-electron chi connectivity index (χ2n) is 16.9. The minimum atomic E-state index is 0.339. The lowest BCUT2D eigenvalue weighted by Gasteiger charge is -2.32. The molecule has 4 aliphatic rings. The van der Waals surface area contributed by atoms with Crippen LogP contribution in [0.25, 0.3) is 0 Å². The molecule has 250 valence electrons. The van der Waals surface area contributed by atoms with Crippen LogP contribution in [0.15, 0.2) is 45.6 Å². The van der Waals surface area contributed by atoms with Crippen LogP contribution in [0.3, 0.4) is 0 Å². The number of hydrogen-bond acceptors (Lipinski definition) is 1. The van der Waals surface area contributed by atoms with Crippen molar-refractivity contribution in [1.29, 1.82) is 0 Å². The van der Waals surface area contributed by atoms with Gasteiger partial charge in [0.15, 0.2) is 0 Å². The van der Waals surface area contributed by atoms with Gasteiger partial charge in [0.25, 0.3) is 0 Å². The zero-order valence-electron chi connectivity index (χ0n) is 30.5. The van der Waals surface area contributed by atoms with E-state index in [1.807, 2.05) is 0 Å². The number of aliphatic hydroxyl groups excluding tert-OH is 1. The van der Waals surface area contributed by atoms with E-state index in [1.165, 1.54) is 122 Å². The second kappa shape index (κ2) is 16.7. The molecule has 1 nitrogen and oxygen atoms in total. The summed E-state index contributed by atoms with van der Waals surface area (Å²) in [4.78, 5) is 0. The molecular formula is C43H72O. The average Bonchev–Trinajstić information content (AvgIpc) is 3.93. The quantitative estimate of drug-likeness (QED) is 0.102. The Morgan fingerprint density at radius 3 is 2.48 bits per heavy atom. The van der Waals surface area contributed by atoms with Gasteiger partial charge >= 0.3 is 0 Å². The molecule has 0 heterocycles. The Balaban J connectivity index is 1.35. The molecule has 0 aromatic rings. The first-order chi connectivity index (χ1) is 21.1. The molecule has 0 bridgehead atoms. The van der Waals surface area contributed by atoms with Gasteiger partial charge < -0.3 is 5.11 Å². The highest BCUT2D eigenvalue weighted by Gasteiger charge is 2.38. The molecule has 1 N–H and O–H groups in total. The number of aliphatic hydroxyl groups is 1. The third kappa shape index (κ3) is 10.2. The van der Waals surface area contributed by atoms with Crippen molar-refractivity contribution in [2.24, 2.45) is 34.5 Å². The minimum Gasteiger partial charge on any atom is -0.396 e. The van der Waals surface area contributed by atoms with Crippen LogP contribution in [0.5, 0.6) is 0 Å². The molecule has 0 radical (unpaired) electrons. The Hall–Kier alpha value is -1.08. The Labute approximate surface area is 274 Å². The van der Waals surface area contributed by atoms with Crippen LogP contribution in [0.2, 0.25) is 0 Å². The van der Waals surface area contributed by atoms with E-state index in [4.69, 9.17) is 0 Å². The lowest BCUT2D eigenvalue weighted by atomic mass is 9.73. The van der Waals surface area contributed by atoms with Crippen molar-refractivity contribution in [2.45, 2.75) is 183 Å². The normalized spacial score (nSPS) is 27.4. The maximum atomic E-state index is 9.54. The maximum absolute atomic E-state index is 9.54. The largest absolute Gasteiger partial charge is 0.396 e. The molecule has 0 spiro atoms. The highest BCUT2D eigenvalue weighted by molar-refractivity contribution is 5.48. The molecule has 0 aromatic carbocycles. The summed E-state index contributed by atoms with van der Waals surface area (Å²) in [6.07, 6.45) is 33.4. The minimum absolute atomic E-state index is 0.339. The first-order valence-corrected chi connectivity index (χ1v) is 19.5. The van der Waals surface area contributed by atoms with Crippen molar-refractivity contribution in [1.82, 2.24) is 0 Å². The molecule has 0 aromatic heterocycles. The Kier molecular flexibility index (Phi) is 13.5. The molecule has 0 amide bonds. The number of rotatable bonds is 21. The SMILES string of the molecule is CC=C(CCC(C)C)C1=C(C2CC2)C=C(CCCC2(CC)CCC(CCCC(C)(CC)CC3=C(C)C3)C2)C(CCCCO)C1. The van der Waals surface area contributed by atoms with Gasteiger partial charge in [-0.15, -0.1) is 0 Å². The van der Waals surface area contributed by atoms with Crippen molar-refractivity contribution in [3.8, 4) is 0 Å². The molecule has 44 heavy (non-hydrogen) atoms. The van der Waals surface area contributed by atoms with Gasteiger partial charge in [-0.1, -0.05) is 95.6 Å². The molecule has 4 rings (SSSR count). The fraction of sp³-hybridized carbons (Fsp3) is 0.814. The Bertz CT molecular complexity index is 1050. The second-order valence-corrected chi connectivity index (χ2v) is 16.9. The van der Waals surface area contributed by atoms with Crippen molar-refractivity contribution < 1.29 is 5.11 Å². The molecule has 0 saturated heterocycles. The highest BCUT2D eigenvalue weighted by atomic mass is 16.2. The standard InChI is InChI=1S/C43H72O/c1-8-35(19-18-32(4)5)40-28-37(16-11-12-26-44)38(29-41(40)36-20-21-36)17-14-24-43(10-3)25-22-34(30-43)15-13-23-42(7,9-2)31-39-27-33(39)6/h8,29,32,34,36-37,44H,9-28,30-31H2,1-7H3. The summed E-state index contributed by atoms with van der Waals surface area (Å²) in [5.74, 6) is 3.24. The topological polar surface area (TPSA) is 20.2 Å².